The third-order valence-electron chi connectivity index (χ3n) is 2.48. The van der Waals surface area contributed by atoms with Gasteiger partial charge in [-0.25, -0.2) is 4.98 Å². The maximum atomic E-state index is 13.0. The number of rotatable bonds is 6. The van der Waals surface area contributed by atoms with Crippen molar-refractivity contribution in [1.82, 2.24) is 19.3 Å². The highest BCUT2D eigenvalue weighted by molar-refractivity contribution is 7.93. The number of ether oxygens (including phenoxy) is 1. The fraction of sp³-hybridized carbons (Fsp3) is 0.400. The molecule has 0 fully saturated rings. The van der Waals surface area contributed by atoms with E-state index in [1.54, 1.807) is 13.2 Å². The molecule has 0 saturated carbocycles. The third-order valence-corrected chi connectivity index (χ3v) is 3.04. The van der Waals surface area contributed by atoms with Crippen LogP contribution >= 0.6 is 12.3 Å². The summed E-state index contributed by atoms with van der Waals surface area (Å²) in [5.41, 5.74) is 1.01. The van der Waals surface area contributed by atoms with E-state index in [2.05, 4.69) is 15.3 Å². The highest BCUT2D eigenvalue weighted by Crippen LogP contribution is 2.21. The molecule has 0 aromatic carbocycles. The number of aromatic amines is 1. The van der Waals surface area contributed by atoms with Gasteiger partial charge in [-0.2, -0.15) is 0 Å². The molecule has 0 aliphatic rings. The van der Waals surface area contributed by atoms with E-state index < -0.39 is 0 Å². The second-order valence-corrected chi connectivity index (χ2v) is 4.14. The van der Waals surface area contributed by atoms with Crippen molar-refractivity contribution >= 4 is 23.4 Å². The zero-order chi connectivity index (χ0) is 13.0. The van der Waals surface area contributed by atoms with Crippen molar-refractivity contribution in [2.75, 3.05) is 20.3 Å². The van der Waals surface area contributed by atoms with Gasteiger partial charge in [0.25, 0.3) is 5.56 Å². The zero-order valence-electron chi connectivity index (χ0n) is 9.77. The Morgan fingerprint density at radius 2 is 2.50 bits per heavy atom. The van der Waals surface area contributed by atoms with Gasteiger partial charge in [0, 0.05) is 25.9 Å². The van der Waals surface area contributed by atoms with Gasteiger partial charge in [-0.1, -0.05) is 0 Å². The van der Waals surface area contributed by atoms with Crippen LogP contribution in [0.3, 0.4) is 0 Å². The van der Waals surface area contributed by atoms with Crippen molar-refractivity contribution in [2.45, 2.75) is 6.54 Å². The second-order valence-electron chi connectivity index (χ2n) is 3.63. The number of H-pyrrole nitrogens is 1. The van der Waals surface area contributed by atoms with E-state index >= 15 is 0 Å². The number of nitrogens with zero attached hydrogens (tertiary/aromatic N) is 2. The minimum Gasteiger partial charge on any atom is -0.383 e. The number of fused-ring (bicyclic) bond motifs is 1. The summed E-state index contributed by atoms with van der Waals surface area (Å²) in [4.78, 5) is 18.0. The molecule has 2 heterocycles. The lowest BCUT2D eigenvalue weighted by Gasteiger charge is -2.05. The molecule has 0 amide bonds. The molecular weight excluding hydrogens is 259 g/mol. The highest BCUT2D eigenvalue weighted by atomic mass is 32.2. The molecule has 2 aromatic rings. The average molecular weight is 272 g/mol. The molecule has 2 rings (SSSR count). The molecule has 0 unspecified atom stereocenters. The molecule has 0 spiro atoms. The first kappa shape index (κ1) is 13.1. The van der Waals surface area contributed by atoms with Gasteiger partial charge >= 0.3 is 0 Å². The van der Waals surface area contributed by atoms with E-state index in [1.807, 2.05) is 0 Å². The normalized spacial score (nSPS) is 11.2. The van der Waals surface area contributed by atoms with Crippen LogP contribution in [-0.2, 0) is 11.3 Å². The largest absolute Gasteiger partial charge is 0.383 e. The predicted molar refractivity (Wildman–Crippen MR) is 68.0 cm³/mol. The Kier molecular flexibility index (Phi) is 4.34. The number of nitrogens with one attached hydrogen (secondary N) is 2. The summed E-state index contributed by atoms with van der Waals surface area (Å²) >= 11 is -0.00505. The van der Waals surface area contributed by atoms with Crippen LogP contribution in [0, 0.1) is 0 Å². The summed E-state index contributed by atoms with van der Waals surface area (Å²) in [6, 6.07) is 1.69. The molecule has 98 valence electrons. The Bertz CT molecular complexity index is 583. The number of aromatic nitrogens is 3. The smallest absolute Gasteiger partial charge is 0.276 e. The lowest BCUT2D eigenvalue weighted by Crippen LogP contribution is -2.20. The van der Waals surface area contributed by atoms with Gasteiger partial charge in [0.2, 0.25) is 0 Å². The molecule has 0 saturated heterocycles. The minimum atomic E-state index is -0.353. The first-order valence-corrected chi connectivity index (χ1v) is 6.02. The molecule has 0 aliphatic carbocycles. The SMILES string of the molecule is COCCNCc1cc2nc[nH]c(=O)c2n1SF. The van der Waals surface area contributed by atoms with Crippen molar-refractivity contribution in [1.29, 1.82) is 0 Å². The van der Waals surface area contributed by atoms with Crippen LogP contribution in [0.25, 0.3) is 11.0 Å². The molecule has 2 aromatic heterocycles. The Morgan fingerprint density at radius 3 is 3.22 bits per heavy atom. The standard InChI is InChI=1S/C10H13FN4O2S/c1-17-3-2-12-5-7-4-8-9(15(7)18-11)10(16)14-6-13-8/h4,6,12H,2-3,5H2,1H3,(H,13,14,16). The first-order valence-electron chi connectivity index (χ1n) is 5.34. The lowest BCUT2D eigenvalue weighted by atomic mass is 10.4. The van der Waals surface area contributed by atoms with Gasteiger partial charge in [-0.05, 0) is 6.07 Å². The van der Waals surface area contributed by atoms with Crippen molar-refractivity contribution in [2.24, 2.45) is 0 Å². The van der Waals surface area contributed by atoms with E-state index in [9.17, 15) is 8.68 Å². The Hall–Kier alpha value is -1.38. The molecule has 8 heteroatoms. The summed E-state index contributed by atoms with van der Waals surface area (Å²) in [5, 5.41) is 3.09. The average Bonchev–Trinajstić information content (AvgIpc) is 2.73. The second kappa shape index (κ2) is 5.98. The van der Waals surface area contributed by atoms with Crippen LogP contribution in [-0.4, -0.2) is 34.2 Å². The fourth-order valence-corrected chi connectivity index (χ4v) is 2.11. The highest BCUT2D eigenvalue weighted by Gasteiger charge is 2.13. The topological polar surface area (TPSA) is 71.9 Å². The van der Waals surface area contributed by atoms with Gasteiger partial charge in [-0.15, -0.1) is 3.89 Å². The molecule has 0 bridgehead atoms. The molecule has 18 heavy (non-hydrogen) atoms. The summed E-state index contributed by atoms with van der Waals surface area (Å²) < 4.78 is 19.1. The Balaban J connectivity index is 2.27. The van der Waals surface area contributed by atoms with Crippen molar-refractivity contribution in [3.8, 4) is 0 Å². The van der Waals surface area contributed by atoms with E-state index in [0.29, 0.717) is 30.9 Å². The van der Waals surface area contributed by atoms with E-state index in [1.165, 1.54) is 10.3 Å². The zero-order valence-corrected chi connectivity index (χ0v) is 10.6. The summed E-state index contributed by atoms with van der Waals surface area (Å²) in [6.45, 7) is 1.66. The quantitative estimate of drug-likeness (QED) is 0.762. The van der Waals surface area contributed by atoms with Crippen LogP contribution in [0.4, 0.5) is 3.89 Å². The molecule has 0 aliphatic heterocycles. The number of hydrogen-bond donors (Lipinski definition) is 2. The van der Waals surface area contributed by atoms with Crippen LogP contribution in [0.1, 0.15) is 5.69 Å². The van der Waals surface area contributed by atoms with Crippen molar-refractivity contribution in [3.05, 3.63) is 28.4 Å². The number of hydrogen-bond acceptors (Lipinski definition) is 5. The van der Waals surface area contributed by atoms with Gasteiger partial charge in [0.15, 0.2) is 12.3 Å². The van der Waals surface area contributed by atoms with E-state index in [-0.39, 0.29) is 23.4 Å². The predicted octanol–water partition coefficient (Wildman–Crippen LogP) is 0.841. The maximum absolute atomic E-state index is 13.0. The Morgan fingerprint density at radius 1 is 1.67 bits per heavy atom. The maximum Gasteiger partial charge on any atom is 0.276 e. The summed E-state index contributed by atoms with van der Waals surface area (Å²) in [5.74, 6) is 0. The number of methoxy groups -OCH3 is 1. The van der Waals surface area contributed by atoms with Crippen LogP contribution in [0.2, 0.25) is 0 Å². The van der Waals surface area contributed by atoms with Gasteiger partial charge in [-0.3, -0.25) is 8.77 Å². The molecule has 6 nitrogen and oxygen atoms in total. The van der Waals surface area contributed by atoms with Gasteiger partial charge in [0.1, 0.15) is 5.52 Å². The Labute approximate surface area is 107 Å². The van der Waals surface area contributed by atoms with Crippen molar-refractivity contribution < 1.29 is 8.62 Å². The van der Waals surface area contributed by atoms with Crippen LogP contribution < -0.4 is 10.9 Å². The molecule has 2 N–H and O–H groups in total. The monoisotopic (exact) mass is 272 g/mol. The first-order chi connectivity index (χ1) is 8.77. The van der Waals surface area contributed by atoms with Gasteiger partial charge < -0.3 is 15.0 Å². The minimum absolute atomic E-state index is 0.00505. The summed E-state index contributed by atoms with van der Waals surface area (Å²) in [7, 11) is 1.61. The van der Waals surface area contributed by atoms with E-state index in [0.717, 1.165) is 0 Å². The van der Waals surface area contributed by atoms with Gasteiger partial charge in [0.05, 0.1) is 18.5 Å². The fourth-order valence-electron chi connectivity index (χ4n) is 1.66. The van der Waals surface area contributed by atoms with Crippen LogP contribution in [0.5, 0.6) is 0 Å². The summed E-state index contributed by atoms with van der Waals surface area (Å²) in [6.07, 6.45) is 1.31. The molecule has 0 radical (unpaired) electrons. The third kappa shape index (κ3) is 2.55. The number of halogens is 1. The lowest BCUT2D eigenvalue weighted by molar-refractivity contribution is 0.199. The van der Waals surface area contributed by atoms with Crippen LogP contribution in [0.15, 0.2) is 17.2 Å². The van der Waals surface area contributed by atoms with E-state index in [4.69, 9.17) is 4.74 Å². The molecule has 0 atom stereocenters. The van der Waals surface area contributed by atoms with Crippen molar-refractivity contribution in [3.63, 3.8) is 0 Å². The molecular formula is C10H13FN4O2S.